The molecule has 1 aromatic carbocycles. The van der Waals surface area contributed by atoms with Gasteiger partial charge in [-0.1, -0.05) is 11.6 Å². The molecular formula is C8H7ClF3N. The van der Waals surface area contributed by atoms with Crippen LogP contribution in [-0.4, -0.2) is 0 Å². The number of rotatable bonds is 0. The number of benzene rings is 1. The molecule has 0 heterocycles. The second-order valence-electron chi connectivity index (χ2n) is 2.69. The van der Waals surface area contributed by atoms with Gasteiger partial charge in [-0.15, -0.1) is 0 Å². The molecule has 0 aliphatic carbocycles. The lowest BCUT2D eigenvalue weighted by molar-refractivity contribution is -0.137. The van der Waals surface area contributed by atoms with Gasteiger partial charge in [-0.3, -0.25) is 0 Å². The number of anilines is 1. The summed E-state index contributed by atoms with van der Waals surface area (Å²) in [7, 11) is 0. The van der Waals surface area contributed by atoms with Crippen molar-refractivity contribution < 1.29 is 13.2 Å². The molecule has 0 amide bonds. The fraction of sp³-hybridized carbons (Fsp3) is 0.250. The number of aryl methyl sites for hydroxylation is 1. The predicted octanol–water partition coefficient (Wildman–Crippen LogP) is 3.25. The van der Waals surface area contributed by atoms with Crippen molar-refractivity contribution in [2.45, 2.75) is 13.1 Å². The highest BCUT2D eigenvalue weighted by Gasteiger charge is 2.31. The van der Waals surface area contributed by atoms with Crippen LogP contribution in [0.3, 0.4) is 0 Å². The molecule has 1 aromatic rings. The van der Waals surface area contributed by atoms with Gasteiger partial charge in [0.05, 0.1) is 16.3 Å². The van der Waals surface area contributed by atoms with Crippen LogP contribution in [0.2, 0.25) is 5.02 Å². The molecule has 1 nitrogen and oxygen atoms in total. The smallest absolute Gasteiger partial charge is 0.397 e. The summed E-state index contributed by atoms with van der Waals surface area (Å²) in [4.78, 5) is 0. The topological polar surface area (TPSA) is 26.0 Å². The van der Waals surface area contributed by atoms with Gasteiger partial charge in [0.1, 0.15) is 0 Å². The molecule has 0 aromatic heterocycles. The first kappa shape index (κ1) is 10.2. The van der Waals surface area contributed by atoms with Gasteiger partial charge in [-0.2, -0.15) is 13.2 Å². The molecule has 1 rings (SSSR count). The number of nitrogen functional groups attached to an aromatic ring is 1. The van der Waals surface area contributed by atoms with Crippen LogP contribution in [0.4, 0.5) is 18.9 Å². The molecule has 0 saturated heterocycles. The Morgan fingerprint density at radius 2 is 1.85 bits per heavy atom. The Morgan fingerprint density at radius 1 is 1.31 bits per heavy atom. The van der Waals surface area contributed by atoms with Crippen LogP contribution in [0.25, 0.3) is 0 Å². The van der Waals surface area contributed by atoms with E-state index in [2.05, 4.69) is 0 Å². The molecule has 0 aliphatic rings. The summed E-state index contributed by atoms with van der Waals surface area (Å²) in [5, 5.41) is -0.0627. The standard InChI is InChI=1S/C8H7ClF3N/c1-4-2-5(8(10,11)12)3-6(9)7(4)13/h2-3H,13H2,1H3. The van der Waals surface area contributed by atoms with Crippen LogP contribution in [0, 0.1) is 6.92 Å². The van der Waals surface area contributed by atoms with Crippen LogP contribution in [0.5, 0.6) is 0 Å². The van der Waals surface area contributed by atoms with Gasteiger partial charge in [0.15, 0.2) is 0 Å². The SMILES string of the molecule is Cc1cc(C(F)(F)F)cc(Cl)c1N. The Hall–Kier alpha value is -0.900. The van der Waals surface area contributed by atoms with Gasteiger partial charge >= 0.3 is 6.18 Å². The van der Waals surface area contributed by atoms with E-state index in [4.69, 9.17) is 17.3 Å². The third-order valence-electron chi connectivity index (χ3n) is 1.66. The molecule has 0 atom stereocenters. The second-order valence-corrected chi connectivity index (χ2v) is 3.09. The van der Waals surface area contributed by atoms with Crippen LogP contribution < -0.4 is 5.73 Å². The summed E-state index contributed by atoms with van der Waals surface area (Å²) < 4.78 is 36.5. The van der Waals surface area contributed by atoms with E-state index in [0.717, 1.165) is 12.1 Å². The van der Waals surface area contributed by atoms with Gasteiger partial charge in [0, 0.05) is 0 Å². The quantitative estimate of drug-likeness (QED) is 0.652. The number of alkyl halides is 3. The maximum Gasteiger partial charge on any atom is 0.416 e. The summed E-state index contributed by atoms with van der Waals surface area (Å²) in [5.74, 6) is 0. The fourth-order valence-electron chi connectivity index (χ4n) is 0.919. The zero-order chi connectivity index (χ0) is 10.2. The summed E-state index contributed by atoms with van der Waals surface area (Å²) in [6.45, 7) is 1.48. The Morgan fingerprint density at radius 3 is 2.23 bits per heavy atom. The Kier molecular flexibility index (Phi) is 2.43. The molecule has 5 heteroatoms. The van der Waals surface area contributed by atoms with E-state index in [1.807, 2.05) is 0 Å². The van der Waals surface area contributed by atoms with Crippen LogP contribution in [-0.2, 0) is 6.18 Å². The molecular weight excluding hydrogens is 203 g/mol. The Bertz CT molecular complexity index is 310. The van der Waals surface area contributed by atoms with Gasteiger partial charge in [0.2, 0.25) is 0 Å². The highest BCUT2D eigenvalue weighted by atomic mass is 35.5. The lowest BCUT2D eigenvalue weighted by atomic mass is 10.1. The van der Waals surface area contributed by atoms with Gasteiger partial charge in [-0.25, -0.2) is 0 Å². The molecule has 0 aliphatic heterocycles. The number of halogens is 4. The summed E-state index contributed by atoms with van der Waals surface area (Å²) in [6.07, 6.45) is -4.37. The van der Waals surface area contributed by atoms with E-state index < -0.39 is 11.7 Å². The molecule has 0 unspecified atom stereocenters. The highest BCUT2D eigenvalue weighted by Crippen LogP contribution is 2.34. The Labute approximate surface area is 78.3 Å². The minimum absolute atomic E-state index is 0.0627. The summed E-state index contributed by atoms with van der Waals surface area (Å²) in [5.41, 5.74) is 5.14. The first-order valence-electron chi connectivity index (χ1n) is 3.45. The maximum atomic E-state index is 12.2. The lowest BCUT2D eigenvalue weighted by Crippen LogP contribution is -2.06. The normalized spacial score (nSPS) is 11.8. The fourth-order valence-corrected chi connectivity index (χ4v) is 1.19. The third-order valence-corrected chi connectivity index (χ3v) is 1.98. The van der Waals surface area contributed by atoms with Crippen molar-refractivity contribution >= 4 is 17.3 Å². The molecule has 72 valence electrons. The number of nitrogens with two attached hydrogens (primary N) is 1. The minimum atomic E-state index is -4.37. The van der Waals surface area contributed by atoms with Crippen molar-refractivity contribution in [1.29, 1.82) is 0 Å². The zero-order valence-corrected chi connectivity index (χ0v) is 7.50. The second kappa shape index (κ2) is 3.10. The largest absolute Gasteiger partial charge is 0.416 e. The molecule has 0 fully saturated rings. The van der Waals surface area contributed by atoms with E-state index in [1.165, 1.54) is 6.92 Å². The Balaban J connectivity index is 3.29. The van der Waals surface area contributed by atoms with E-state index in [0.29, 0.717) is 5.56 Å². The van der Waals surface area contributed by atoms with Gasteiger partial charge in [0.25, 0.3) is 0 Å². The number of hydrogen-bond acceptors (Lipinski definition) is 1. The molecule has 2 N–H and O–H groups in total. The van der Waals surface area contributed by atoms with Crippen molar-refractivity contribution in [2.24, 2.45) is 0 Å². The molecule has 13 heavy (non-hydrogen) atoms. The predicted molar refractivity (Wildman–Crippen MR) is 45.6 cm³/mol. The monoisotopic (exact) mass is 209 g/mol. The minimum Gasteiger partial charge on any atom is -0.397 e. The first-order valence-corrected chi connectivity index (χ1v) is 3.83. The van der Waals surface area contributed by atoms with Crippen molar-refractivity contribution in [2.75, 3.05) is 5.73 Å². The van der Waals surface area contributed by atoms with E-state index >= 15 is 0 Å². The van der Waals surface area contributed by atoms with E-state index in [9.17, 15) is 13.2 Å². The van der Waals surface area contributed by atoms with Crippen LogP contribution >= 0.6 is 11.6 Å². The van der Waals surface area contributed by atoms with Crippen molar-refractivity contribution in [1.82, 2.24) is 0 Å². The molecule has 0 radical (unpaired) electrons. The maximum absolute atomic E-state index is 12.2. The number of hydrogen-bond donors (Lipinski definition) is 1. The molecule has 0 saturated carbocycles. The van der Waals surface area contributed by atoms with E-state index in [-0.39, 0.29) is 10.7 Å². The molecule has 0 spiro atoms. The van der Waals surface area contributed by atoms with Crippen molar-refractivity contribution in [3.63, 3.8) is 0 Å². The van der Waals surface area contributed by atoms with E-state index in [1.54, 1.807) is 0 Å². The van der Waals surface area contributed by atoms with Crippen molar-refractivity contribution in [3.05, 3.63) is 28.3 Å². The summed E-state index contributed by atoms with van der Waals surface area (Å²) >= 11 is 5.50. The summed E-state index contributed by atoms with van der Waals surface area (Å²) in [6, 6.07) is 1.80. The van der Waals surface area contributed by atoms with Gasteiger partial charge in [-0.05, 0) is 24.6 Å². The molecule has 0 bridgehead atoms. The zero-order valence-electron chi connectivity index (χ0n) is 6.74. The van der Waals surface area contributed by atoms with Crippen LogP contribution in [0.1, 0.15) is 11.1 Å². The van der Waals surface area contributed by atoms with Crippen molar-refractivity contribution in [3.8, 4) is 0 Å². The first-order chi connectivity index (χ1) is 5.82. The third kappa shape index (κ3) is 2.06. The van der Waals surface area contributed by atoms with Gasteiger partial charge < -0.3 is 5.73 Å². The van der Waals surface area contributed by atoms with Crippen LogP contribution in [0.15, 0.2) is 12.1 Å². The lowest BCUT2D eigenvalue weighted by Gasteiger charge is -2.10. The average Bonchev–Trinajstić information content (AvgIpc) is 1.97. The highest BCUT2D eigenvalue weighted by molar-refractivity contribution is 6.33. The average molecular weight is 210 g/mol.